The van der Waals surface area contributed by atoms with Gasteiger partial charge >= 0.3 is 0 Å². The smallest absolute Gasteiger partial charge is 0.265 e. The molecule has 2 heterocycles. The summed E-state index contributed by atoms with van der Waals surface area (Å²) in [5.41, 5.74) is 1.44. The van der Waals surface area contributed by atoms with Crippen LogP contribution in [0.25, 0.3) is 0 Å². The molecule has 2 aromatic rings. The molecule has 0 aliphatic heterocycles. The zero-order valence-corrected chi connectivity index (χ0v) is 17.1. The number of carbonyl (C=O) groups is 1. The summed E-state index contributed by atoms with van der Waals surface area (Å²) in [6, 6.07) is 9.39. The predicted octanol–water partition coefficient (Wildman–Crippen LogP) is 3.71. The van der Waals surface area contributed by atoms with E-state index in [-0.39, 0.29) is 11.3 Å². The Labute approximate surface area is 159 Å². The molecule has 7 heteroatoms. The molecule has 0 unspecified atom stereocenters. The zero-order valence-electron chi connectivity index (χ0n) is 16.3. The van der Waals surface area contributed by atoms with Gasteiger partial charge in [0.05, 0.1) is 5.56 Å². The number of amides is 1. The second kappa shape index (κ2) is 8.40. The standard InChI is InChI=1S/C19H27N5OS/c1-7-24(6)17-13(11-12-14(21-17)19(2,3)4)18(25)23-26-16-10-8-9-15(20-5)22-16/h8-12H,7H2,1-6H3,(H,20,22)(H,23,25). The maximum absolute atomic E-state index is 12.7. The highest BCUT2D eigenvalue weighted by Crippen LogP contribution is 2.26. The topological polar surface area (TPSA) is 70.2 Å². The first-order chi connectivity index (χ1) is 12.3. The molecule has 0 saturated carbocycles. The number of carbonyl (C=O) groups excluding carboxylic acids is 1. The molecule has 26 heavy (non-hydrogen) atoms. The van der Waals surface area contributed by atoms with Crippen molar-refractivity contribution < 1.29 is 4.79 Å². The van der Waals surface area contributed by atoms with Gasteiger partial charge in [-0.05, 0) is 31.2 Å². The lowest BCUT2D eigenvalue weighted by Gasteiger charge is -2.24. The zero-order chi connectivity index (χ0) is 19.3. The summed E-state index contributed by atoms with van der Waals surface area (Å²) in [7, 11) is 3.75. The monoisotopic (exact) mass is 373 g/mol. The van der Waals surface area contributed by atoms with Gasteiger partial charge in [0.1, 0.15) is 16.7 Å². The van der Waals surface area contributed by atoms with Gasteiger partial charge in [0, 0.05) is 43.7 Å². The number of pyridine rings is 2. The quantitative estimate of drug-likeness (QED) is 0.752. The molecule has 0 saturated heterocycles. The highest BCUT2D eigenvalue weighted by molar-refractivity contribution is 7.97. The number of nitrogens with zero attached hydrogens (tertiary/aromatic N) is 3. The van der Waals surface area contributed by atoms with E-state index in [0.717, 1.165) is 23.1 Å². The van der Waals surface area contributed by atoms with Crippen molar-refractivity contribution in [1.82, 2.24) is 14.7 Å². The molecule has 0 aromatic carbocycles. The van der Waals surface area contributed by atoms with Gasteiger partial charge in [0.25, 0.3) is 5.91 Å². The Morgan fingerprint density at radius 2 is 1.92 bits per heavy atom. The van der Waals surface area contributed by atoms with Crippen molar-refractivity contribution in [2.45, 2.75) is 38.1 Å². The highest BCUT2D eigenvalue weighted by Gasteiger charge is 2.21. The lowest BCUT2D eigenvalue weighted by Crippen LogP contribution is -2.26. The fourth-order valence-corrected chi connectivity index (χ4v) is 2.85. The van der Waals surface area contributed by atoms with E-state index in [1.54, 1.807) is 0 Å². The van der Waals surface area contributed by atoms with Gasteiger partial charge in [-0.15, -0.1) is 0 Å². The van der Waals surface area contributed by atoms with Crippen molar-refractivity contribution in [2.24, 2.45) is 0 Å². The minimum Gasteiger partial charge on any atom is -0.373 e. The van der Waals surface area contributed by atoms with Gasteiger partial charge in [-0.2, -0.15) is 0 Å². The van der Waals surface area contributed by atoms with Gasteiger partial charge in [-0.1, -0.05) is 26.8 Å². The molecular formula is C19H27N5OS. The SMILES string of the molecule is CCN(C)c1nc(C(C)(C)C)ccc1C(=O)NSc1cccc(NC)n1. The van der Waals surface area contributed by atoms with Gasteiger partial charge in [-0.25, -0.2) is 9.97 Å². The Kier molecular flexibility index (Phi) is 6.47. The van der Waals surface area contributed by atoms with Crippen molar-refractivity contribution in [3.8, 4) is 0 Å². The minimum atomic E-state index is -0.185. The van der Waals surface area contributed by atoms with Crippen molar-refractivity contribution in [3.63, 3.8) is 0 Å². The third-order valence-corrected chi connectivity index (χ3v) is 4.68. The normalized spacial score (nSPS) is 11.2. The molecule has 0 aliphatic rings. The van der Waals surface area contributed by atoms with E-state index in [1.807, 2.05) is 56.3 Å². The van der Waals surface area contributed by atoms with Gasteiger partial charge in [0.2, 0.25) is 0 Å². The lowest BCUT2D eigenvalue weighted by molar-refractivity contribution is 0.0984. The van der Waals surface area contributed by atoms with Crippen LogP contribution in [0.1, 0.15) is 43.7 Å². The number of nitrogens with one attached hydrogen (secondary N) is 2. The van der Waals surface area contributed by atoms with E-state index in [0.29, 0.717) is 11.4 Å². The molecule has 0 spiro atoms. The Morgan fingerprint density at radius 3 is 2.54 bits per heavy atom. The highest BCUT2D eigenvalue weighted by atomic mass is 32.2. The third kappa shape index (κ3) is 4.88. The van der Waals surface area contributed by atoms with Crippen LogP contribution in [0.2, 0.25) is 0 Å². The molecule has 0 radical (unpaired) electrons. The maximum Gasteiger partial charge on any atom is 0.265 e. The van der Waals surface area contributed by atoms with Crippen LogP contribution in [0.15, 0.2) is 35.4 Å². The first-order valence-electron chi connectivity index (χ1n) is 8.61. The summed E-state index contributed by atoms with van der Waals surface area (Å²) in [5, 5.41) is 3.70. The first kappa shape index (κ1) is 20.0. The maximum atomic E-state index is 12.7. The molecule has 0 aliphatic carbocycles. The van der Waals surface area contributed by atoms with Crippen molar-refractivity contribution in [1.29, 1.82) is 0 Å². The number of hydrogen-bond acceptors (Lipinski definition) is 6. The Hall–Kier alpha value is -2.28. The van der Waals surface area contributed by atoms with Crippen LogP contribution in [0, 0.1) is 0 Å². The number of hydrogen-bond donors (Lipinski definition) is 2. The number of rotatable bonds is 6. The van der Waals surface area contributed by atoms with E-state index < -0.39 is 0 Å². The van der Waals surface area contributed by atoms with E-state index >= 15 is 0 Å². The average molecular weight is 374 g/mol. The van der Waals surface area contributed by atoms with E-state index in [1.165, 1.54) is 11.9 Å². The van der Waals surface area contributed by atoms with Crippen LogP contribution < -0.4 is 14.9 Å². The molecular weight excluding hydrogens is 346 g/mol. The summed E-state index contributed by atoms with van der Waals surface area (Å²) in [4.78, 5) is 23.8. The number of anilines is 2. The predicted molar refractivity (Wildman–Crippen MR) is 109 cm³/mol. The first-order valence-corrected chi connectivity index (χ1v) is 9.42. The van der Waals surface area contributed by atoms with E-state index in [9.17, 15) is 4.79 Å². The van der Waals surface area contributed by atoms with E-state index in [4.69, 9.17) is 4.98 Å². The van der Waals surface area contributed by atoms with Crippen LogP contribution >= 0.6 is 11.9 Å². The fourth-order valence-electron chi connectivity index (χ4n) is 2.25. The molecule has 2 aromatic heterocycles. The van der Waals surface area contributed by atoms with Crippen LogP contribution in [0.5, 0.6) is 0 Å². The number of aromatic nitrogens is 2. The second-order valence-electron chi connectivity index (χ2n) is 6.98. The second-order valence-corrected chi connectivity index (χ2v) is 7.80. The van der Waals surface area contributed by atoms with Crippen LogP contribution in [0.3, 0.4) is 0 Å². The molecule has 0 fully saturated rings. The van der Waals surface area contributed by atoms with Crippen LogP contribution in [-0.4, -0.2) is 36.5 Å². The fraction of sp³-hybridized carbons (Fsp3) is 0.421. The summed E-state index contributed by atoms with van der Waals surface area (Å²) in [6.07, 6.45) is 0. The largest absolute Gasteiger partial charge is 0.373 e. The lowest BCUT2D eigenvalue weighted by atomic mass is 9.91. The Bertz CT molecular complexity index is 773. The van der Waals surface area contributed by atoms with Crippen LogP contribution in [-0.2, 0) is 5.41 Å². The van der Waals surface area contributed by atoms with Crippen molar-refractivity contribution in [2.75, 3.05) is 30.9 Å². The molecule has 0 atom stereocenters. The average Bonchev–Trinajstić information content (AvgIpc) is 2.64. The Balaban J connectivity index is 2.24. The van der Waals surface area contributed by atoms with Crippen molar-refractivity contribution in [3.05, 3.63) is 41.6 Å². The van der Waals surface area contributed by atoms with Crippen LogP contribution in [0.4, 0.5) is 11.6 Å². The van der Waals surface area contributed by atoms with Gasteiger partial charge in [-0.3, -0.25) is 9.52 Å². The molecule has 0 bridgehead atoms. The molecule has 6 nitrogen and oxygen atoms in total. The van der Waals surface area contributed by atoms with Gasteiger partial charge < -0.3 is 10.2 Å². The van der Waals surface area contributed by atoms with Gasteiger partial charge in [0.15, 0.2) is 0 Å². The molecule has 2 rings (SSSR count). The summed E-state index contributed by atoms with van der Waals surface area (Å²) < 4.78 is 2.86. The molecule has 1 amide bonds. The minimum absolute atomic E-state index is 0.0788. The summed E-state index contributed by atoms with van der Waals surface area (Å²) in [6.45, 7) is 9.14. The Morgan fingerprint density at radius 1 is 1.19 bits per heavy atom. The van der Waals surface area contributed by atoms with Crippen molar-refractivity contribution >= 4 is 29.5 Å². The van der Waals surface area contributed by atoms with E-state index in [2.05, 4.69) is 35.8 Å². The molecule has 2 N–H and O–H groups in total. The molecule has 140 valence electrons. The summed E-state index contributed by atoms with van der Waals surface area (Å²) in [5.74, 6) is 1.26. The summed E-state index contributed by atoms with van der Waals surface area (Å²) >= 11 is 1.19. The third-order valence-electron chi connectivity index (χ3n) is 3.95.